The highest BCUT2D eigenvalue weighted by Gasteiger charge is 2.07. The Bertz CT molecular complexity index is 580. The molecule has 1 heterocycles. The van der Waals surface area contributed by atoms with E-state index in [0.717, 1.165) is 17.7 Å². The van der Waals surface area contributed by atoms with Gasteiger partial charge in [-0.2, -0.15) is 5.10 Å². The number of carbonyl (C=O) groups is 1. The van der Waals surface area contributed by atoms with Gasteiger partial charge in [0.2, 0.25) is 5.91 Å². The predicted octanol–water partition coefficient (Wildman–Crippen LogP) is 3.15. The number of hydrogen-bond acceptors (Lipinski definition) is 3. The van der Waals surface area contributed by atoms with E-state index < -0.39 is 0 Å². The Morgan fingerprint density at radius 3 is 3.05 bits per heavy atom. The molecule has 0 atom stereocenters. The molecule has 20 heavy (non-hydrogen) atoms. The lowest BCUT2D eigenvalue weighted by atomic mass is 10.2. The van der Waals surface area contributed by atoms with Gasteiger partial charge in [0.25, 0.3) is 0 Å². The molecule has 0 aliphatic rings. The van der Waals surface area contributed by atoms with Crippen LogP contribution in [-0.2, 0) is 17.0 Å². The Hall–Kier alpha value is -1.75. The van der Waals surface area contributed by atoms with E-state index >= 15 is 0 Å². The first kappa shape index (κ1) is 14.7. The Kier molecular flexibility index (Phi) is 5.24. The normalized spacial score (nSPS) is 10.5. The minimum Gasteiger partial charge on any atom is -0.310 e. The summed E-state index contributed by atoms with van der Waals surface area (Å²) >= 11 is 1.61. The maximum Gasteiger partial charge on any atom is 0.235 e. The highest BCUT2D eigenvalue weighted by atomic mass is 32.2. The average molecular weight is 289 g/mol. The molecule has 0 saturated heterocycles. The fourth-order valence-corrected chi connectivity index (χ4v) is 2.70. The summed E-state index contributed by atoms with van der Waals surface area (Å²) < 4.78 is 0. The second kappa shape index (κ2) is 7.14. The van der Waals surface area contributed by atoms with E-state index in [1.165, 1.54) is 11.1 Å². The maximum atomic E-state index is 11.9. The molecule has 0 aliphatic carbocycles. The van der Waals surface area contributed by atoms with Crippen molar-refractivity contribution in [3.05, 3.63) is 47.2 Å². The van der Waals surface area contributed by atoms with Crippen LogP contribution in [0.5, 0.6) is 0 Å². The van der Waals surface area contributed by atoms with E-state index in [2.05, 4.69) is 40.6 Å². The van der Waals surface area contributed by atoms with Crippen molar-refractivity contribution in [2.24, 2.45) is 0 Å². The Morgan fingerprint density at radius 2 is 2.30 bits per heavy atom. The molecule has 106 valence electrons. The van der Waals surface area contributed by atoms with Crippen molar-refractivity contribution in [1.82, 2.24) is 10.2 Å². The van der Waals surface area contributed by atoms with Crippen molar-refractivity contribution in [1.29, 1.82) is 0 Å². The number of thioether (sulfide) groups is 1. The Labute approximate surface area is 123 Å². The smallest absolute Gasteiger partial charge is 0.235 e. The molecular formula is C15H19N3OS. The van der Waals surface area contributed by atoms with Crippen LogP contribution < -0.4 is 5.32 Å². The fourth-order valence-electron chi connectivity index (χ4n) is 1.93. The predicted molar refractivity (Wildman–Crippen MR) is 83.9 cm³/mol. The lowest BCUT2D eigenvalue weighted by Crippen LogP contribution is -2.15. The molecule has 2 rings (SSSR count). The van der Waals surface area contributed by atoms with E-state index in [1.54, 1.807) is 18.0 Å². The van der Waals surface area contributed by atoms with E-state index in [-0.39, 0.29) is 5.91 Å². The summed E-state index contributed by atoms with van der Waals surface area (Å²) in [6, 6.07) is 8.35. The summed E-state index contributed by atoms with van der Waals surface area (Å²) in [5.74, 6) is 2.00. The second-order valence-corrected chi connectivity index (χ2v) is 5.64. The molecule has 0 fully saturated rings. The van der Waals surface area contributed by atoms with Gasteiger partial charge in [-0.25, -0.2) is 0 Å². The number of hydrogen-bond donors (Lipinski definition) is 2. The number of rotatable bonds is 6. The molecular weight excluding hydrogens is 270 g/mol. The molecule has 2 N–H and O–H groups in total. The van der Waals surface area contributed by atoms with Gasteiger partial charge in [0.05, 0.1) is 11.9 Å². The van der Waals surface area contributed by atoms with Gasteiger partial charge in [0.15, 0.2) is 0 Å². The van der Waals surface area contributed by atoms with Crippen molar-refractivity contribution >= 4 is 23.5 Å². The van der Waals surface area contributed by atoms with Crippen LogP contribution in [0.25, 0.3) is 0 Å². The van der Waals surface area contributed by atoms with E-state index in [0.29, 0.717) is 11.6 Å². The number of anilines is 1. The largest absolute Gasteiger partial charge is 0.310 e. The van der Waals surface area contributed by atoms with Gasteiger partial charge in [0, 0.05) is 11.3 Å². The summed E-state index contributed by atoms with van der Waals surface area (Å²) in [4.78, 5) is 11.9. The van der Waals surface area contributed by atoms with Crippen LogP contribution in [0.1, 0.15) is 23.6 Å². The lowest BCUT2D eigenvalue weighted by Gasteiger charge is -2.05. The standard InChI is InChI=1S/C15H19N3OS/c1-3-13-8-16-18-15(13)17-14(19)10-20-9-12-6-4-5-11(2)7-12/h4-8H,3,9-10H2,1-2H3,(H2,16,17,18,19). The van der Waals surface area contributed by atoms with Gasteiger partial charge < -0.3 is 5.32 Å². The third-order valence-electron chi connectivity index (χ3n) is 2.95. The number of carbonyl (C=O) groups excluding carboxylic acids is 1. The van der Waals surface area contributed by atoms with Crippen LogP contribution in [0.3, 0.4) is 0 Å². The number of nitrogens with zero attached hydrogens (tertiary/aromatic N) is 1. The molecule has 1 aromatic heterocycles. The molecule has 5 heteroatoms. The van der Waals surface area contributed by atoms with E-state index in [9.17, 15) is 4.79 Å². The second-order valence-electron chi connectivity index (χ2n) is 4.65. The maximum absolute atomic E-state index is 11.9. The third kappa shape index (κ3) is 4.13. The minimum atomic E-state index is 0.00148. The molecule has 0 saturated carbocycles. The van der Waals surface area contributed by atoms with Crippen molar-refractivity contribution < 1.29 is 4.79 Å². The highest BCUT2D eigenvalue weighted by Crippen LogP contribution is 2.15. The van der Waals surface area contributed by atoms with Gasteiger partial charge >= 0.3 is 0 Å². The van der Waals surface area contributed by atoms with Crippen molar-refractivity contribution in [3.63, 3.8) is 0 Å². The first-order valence-corrected chi connectivity index (χ1v) is 7.80. The zero-order chi connectivity index (χ0) is 14.4. The van der Waals surface area contributed by atoms with Gasteiger partial charge in [-0.05, 0) is 18.9 Å². The number of aromatic amines is 1. The molecule has 0 bridgehead atoms. The van der Waals surface area contributed by atoms with Gasteiger partial charge in [-0.3, -0.25) is 9.89 Å². The molecule has 1 amide bonds. The zero-order valence-electron chi connectivity index (χ0n) is 11.8. The van der Waals surface area contributed by atoms with Gasteiger partial charge in [-0.1, -0.05) is 36.8 Å². The molecule has 0 radical (unpaired) electrons. The Morgan fingerprint density at radius 1 is 1.45 bits per heavy atom. The number of H-pyrrole nitrogens is 1. The minimum absolute atomic E-state index is 0.00148. The molecule has 1 aromatic carbocycles. The quantitative estimate of drug-likeness (QED) is 0.859. The van der Waals surface area contributed by atoms with Crippen molar-refractivity contribution in [2.75, 3.05) is 11.1 Å². The van der Waals surface area contributed by atoms with Crippen molar-refractivity contribution in [2.45, 2.75) is 26.0 Å². The van der Waals surface area contributed by atoms with Crippen LogP contribution in [0.4, 0.5) is 5.82 Å². The number of aryl methyl sites for hydroxylation is 2. The van der Waals surface area contributed by atoms with Crippen LogP contribution in [0, 0.1) is 6.92 Å². The molecule has 0 spiro atoms. The molecule has 2 aromatic rings. The average Bonchev–Trinajstić information content (AvgIpc) is 2.86. The molecule has 0 aliphatic heterocycles. The fraction of sp³-hybridized carbons (Fsp3) is 0.333. The van der Waals surface area contributed by atoms with Crippen LogP contribution in [0.15, 0.2) is 30.5 Å². The molecule has 0 unspecified atom stereocenters. The monoisotopic (exact) mass is 289 g/mol. The first-order chi connectivity index (χ1) is 9.69. The summed E-state index contributed by atoms with van der Waals surface area (Å²) in [7, 11) is 0. The lowest BCUT2D eigenvalue weighted by molar-refractivity contribution is -0.113. The number of aromatic nitrogens is 2. The number of amides is 1. The summed E-state index contributed by atoms with van der Waals surface area (Å²) in [5, 5.41) is 9.61. The van der Waals surface area contributed by atoms with Crippen LogP contribution >= 0.6 is 11.8 Å². The summed E-state index contributed by atoms with van der Waals surface area (Å²) in [6.45, 7) is 4.11. The summed E-state index contributed by atoms with van der Waals surface area (Å²) in [5.41, 5.74) is 3.53. The molecule has 4 nitrogen and oxygen atoms in total. The van der Waals surface area contributed by atoms with Gasteiger partial charge in [-0.15, -0.1) is 11.8 Å². The Balaban J connectivity index is 1.78. The van der Waals surface area contributed by atoms with Crippen LogP contribution in [-0.4, -0.2) is 21.9 Å². The zero-order valence-corrected chi connectivity index (χ0v) is 12.6. The van der Waals surface area contributed by atoms with Crippen LogP contribution in [0.2, 0.25) is 0 Å². The van der Waals surface area contributed by atoms with Gasteiger partial charge in [0.1, 0.15) is 5.82 Å². The topological polar surface area (TPSA) is 57.8 Å². The number of benzene rings is 1. The van der Waals surface area contributed by atoms with Crippen molar-refractivity contribution in [3.8, 4) is 0 Å². The SMILES string of the molecule is CCc1cn[nH]c1NC(=O)CSCc1cccc(C)c1. The van der Waals surface area contributed by atoms with E-state index in [1.807, 2.05) is 13.0 Å². The third-order valence-corrected chi connectivity index (χ3v) is 3.95. The number of nitrogens with one attached hydrogen (secondary N) is 2. The van der Waals surface area contributed by atoms with E-state index in [4.69, 9.17) is 0 Å². The first-order valence-electron chi connectivity index (χ1n) is 6.64. The highest BCUT2D eigenvalue weighted by molar-refractivity contribution is 7.99. The summed E-state index contributed by atoms with van der Waals surface area (Å²) in [6.07, 6.45) is 2.60.